The molecule has 0 bridgehead atoms. The number of aromatic nitrogens is 2. The maximum atomic E-state index is 12.5. The van der Waals surface area contributed by atoms with Crippen LogP contribution < -0.4 is 10.3 Å². The van der Waals surface area contributed by atoms with Crippen molar-refractivity contribution in [1.82, 2.24) is 9.78 Å². The minimum atomic E-state index is -1.000. The van der Waals surface area contributed by atoms with Gasteiger partial charge in [-0.25, -0.2) is 4.68 Å². The van der Waals surface area contributed by atoms with Crippen molar-refractivity contribution in [3.8, 4) is 5.75 Å². The van der Waals surface area contributed by atoms with Crippen LogP contribution in [0.1, 0.15) is 5.69 Å². The molecule has 0 radical (unpaired) electrons. The molecule has 0 spiro atoms. The van der Waals surface area contributed by atoms with Crippen LogP contribution in [-0.4, -0.2) is 32.5 Å². The molecule has 1 atom stereocenters. The number of nitro groups is 1. The Labute approximate surface area is 148 Å². The summed E-state index contributed by atoms with van der Waals surface area (Å²) in [5.74, 6) is 0.272. The van der Waals surface area contributed by atoms with E-state index in [2.05, 4.69) is 5.10 Å². The number of ether oxygens (including phenoxy) is 1. The molecular weight excluding hydrogens is 338 g/mol. The van der Waals surface area contributed by atoms with Gasteiger partial charge in [-0.05, 0) is 19.1 Å². The first-order chi connectivity index (χ1) is 12.5. The average Bonchev–Trinajstić information content (AvgIpc) is 2.64. The third-order valence-corrected chi connectivity index (χ3v) is 3.91. The summed E-state index contributed by atoms with van der Waals surface area (Å²) in [4.78, 5) is 22.7. The van der Waals surface area contributed by atoms with Gasteiger partial charge >= 0.3 is 0 Å². The van der Waals surface area contributed by atoms with Crippen molar-refractivity contribution in [3.05, 3.63) is 74.7 Å². The van der Waals surface area contributed by atoms with Gasteiger partial charge in [-0.1, -0.05) is 24.3 Å². The molecule has 134 valence electrons. The fourth-order valence-corrected chi connectivity index (χ4v) is 2.66. The summed E-state index contributed by atoms with van der Waals surface area (Å²) in [7, 11) is 0. The molecule has 0 fully saturated rings. The number of hydrogen-bond acceptors (Lipinski definition) is 6. The van der Waals surface area contributed by atoms with Gasteiger partial charge in [0.15, 0.2) is 0 Å². The molecule has 0 aliphatic rings. The highest BCUT2D eigenvalue weighted by Crippen LogP contribution is 2.19. The first-order valence-electron chi connectivity index (χ1n) is 7.97. The molecule has 1 N–H and O–H groups in total. The number of hydrogen-bond donors (Lipinski definition) is 1. The number of non-ortho nitro benzene ring substituents is 1. The third-order valence-electron chi connectivity index (χ3n) is 3.91. The monoisotopic (exact) mass is 355 g/mol. The molecule has 0 aliphatic carbocycles. The zero-order valence-corrected chi connectivity index (χ0v) is 14.0. The zero-order valence-electron chi connectivity index (χ0n) is 14.0. The van der Waals surface area contributed by atoms with Gasteiger partial charge in [-0.2, -0.15) is 5.10 Å². The normalized spacial score (nSPS) is 12.1. The Morgan fingerprint density at radius 1 is 1.23 bits per heavy atom. The van der Waals surface area contributed by atoms with E-state index < -0.39 is 11.0 Å². The van der Waals surface area contributed by atoms with Gasteiger partial charge in [-0.3, -0.25) is 14.9 Å². The Kier molecular flexibility index (Phi) is 4.94. The van der Waals surface area contributed by atoms with Gasteiger partial charge in [0.2, 0.25) is 0 Å². The number of fused-ring (bicyclic) bond motifs is 1. The topological polar surface area (TPSA) is 107 Å². The number of aliphatic hydroxyl groups is 1. The summed E-state index contributed by atoms with van der Waals surface area (Å²) in [6.07, 6.45) is -1.000. The highest BCUT2D eigenvalue weighted by atomic mass is 16.6. The lowest BCUT2D eigenvalue weighted by atomic mass is 10.1. The van der Waals surface area contributed by atoms with Crippen molar-refractivity contribution >= 4 is 16.5 Å². The quantitative estimate of drug-likeness (QED) is 0.536. The summed E-state index contributed by atoms with van der Waals surface area (Å²) in [6, 6.07) is 12.8. The largest absolute Gasteiger partial charge is 0.491 e. The van der Waals surface area contributed by atoms with E-state index in [0.717, 1.165) is 5.39 Å². The summed E-state index contributed by atoms with van der Waals surface area (Å²) >= 11 is 0. The minimum absolute atomic E-state index is 0.0422. The SMILES string of the molecule is Cc1nn(C[C@@H](O)COc2cccc([N+](=O)[O-])c2)c(=O)c2ccccc12. The summed E-state index contributed by atoms with van der Waals surface area (Å²) in [5.41, 5.74) is 0.299. The van der Waals surface area contributed by atoms with Crippen molar-refractivity contribution < 1.29 is 14.8 Å². The molecule has 3 aromatic rings. The number of rotatable bonds is 6. The second-order valence-electron chi connectivity index (χ2n) is 5.84. The van der Waals surface area contributed by atoms with Crippen LogP contribution in [0.4, 0.5) is 5.69 Å². The molecule has 0 saturated carbocycles. The van der Waals surface area contributed by atoms with E-state index in [0.29, 0.717) is 11.1 Å². The molecule has 1 heterocycles. The molecule has 8 heteroatoms. The number of benzene rings is 2. The molecule has 0 aliphatic heterocycles. The first kappa shape index (κ1) is 17.6. The van der Waals surface area contributed by atoms with Crippen molar-refractivity contribution in [2.75, 3.05) is 6.61 Å². The Bertz CT molecular complexity index is 1020. The number of aryl methyl sites for hydroxylation is 1. The van der Waals surface area contributed by atoms with E-state index in [4.69, 9.17) is 4.74 Å². The molecule has 1 aromatic heterocycles. The molecule has 2 aromatic carbocycles. The maximum Gasteiger partial charge on any atom is 0.274 e. The van der Waals surface area contributed by atoms with Crippen LogP contribution in [0.15, 0.2) is 53.3 Å². The van der Waals surface area contributed by atoms with Gasteiger partial charge < -0.3 is 9.84 Å². The van der Waals surface area contributed by atoms with E-state index in [1.165, 1.54) is 22.9 Å². The summed E-state index contributed by atoms with van der Waals surface area (Å²) in [5, 5.41) is 26.5. The summed E-state index contributed by atoms with van der Waals surface area (Å²) < 4.78 is 6.60. The van der Waals surface area contributed by atoms with Crippen molar-refractivity contribution in [3.63, 3.8) is 0 Å². The predicted molar refractivity (Wildman–Crippen MR) is 95.3 cm³/mol. The highest BCUT2D eigenvalue weighted by Gasteiger charge is 2.13. The molecule has 3 rings (SSSR count). The molecule has 0 saturated heterocycles. The second kappa shape index (κ2) is 7.32. The highest BCUT2D eigenvalue weighted by molar-refractivity contribution is 5.83. The van der Waals surface area contributed by atoms with E-state index >= 15 is 0 Å². The first-order valence-corrected chi connectivity index (χ1v) is 7.97. The summed E-state index contributed by atoms with van der Waals surface area (Å²) in [6.45, 7) is 1.63. The molecular formula is C18H17N3O5. The minimum Gasteiger partial charge on any atom is -0.491 e. The number of aliphatic hydroxyl groups excluding tert-OH is 1. The van der Waals surface area contributed by atoms with Gasteiger partial charge in [0.1, 0.15) is 18.5 Å². The van der Waals surface area contributed by atoms with Crippen LogP contribution in [0, 0.1) is 17.0 Å². The van der Waals surface area contributed by atoms with Gasteiger partial charge in [0.25, 0.3) is 11.2 Å². The van der Waals surface area contributed by atoms with Crippen LogP contribution in [0.3, 0.4) is 0 Å². The standard InChI is InChI=1S/C18H17N3O5/c1-12-16-7-2-3-8-17(16)18(23)20(19-12)10-14(22)11-26-15-6-4-5-13(9-15)21(24)25/h2-9,14,22H,10-11H2,1H3/t14-/m1/s1. The van der Waals surface area contributed by atoms with E-state index in [1.807, 2.05) is 12.1 Å². The van der Waals surface area contributed by atoms with Crippen LogP contribution >= 0.6 is 0 Å². The molecule has 26 heavy (non-hydrogen) atoms. The Morgan fingerprint density at radius 2 is 1.96 bits per heavy atom. The number of nitro benzene ring substituents is 1. The predicted octanol–water partition coefficient (Wildman–Crippen LogP) is 2.05. The van der Waals surface area contributed by atoms with Crippen LogP contribution in [0.25, 0.3) is 10.8 Å². The van der Waals surface area contributed by atoms with Crippen molar-refractivity contribution in [2.24, 2.45) is 0 Å². The fraction of sp³-hybridized carbons (Fsp3) is 0.222. The number of nitrogens with zero attached hydrogens (tertiary/aromatic N) is 3. The van der Waals surface area contributed by atoms with E-state index in [-0.39, 0.29) is 30.1 Å². The average molecular weight is 355 g/mol. The lowest BCUT2D eigenvalue weighted by molar-refractivity contribution is -0.384. The zero-order chi connectivity index (χ0) is 18.7. The van der Waals surface area contributed by atoms with Crippen LogP contribution in [0.2, 0.25) is 0 Å². The third kappa shape index (κ3) is 3.70. The second-order valence-corrected chi connectivity index (χ2v) is 5.84. The Balaban J connectivity index is 1.72. The van der Waals surface area contributed by atoms with Crippen molar-refractivity contribution in [1.29, 1.82) is 0 Å². The van der Waals surface area contributed by atoms with E-state index in [1.54, 1.807) is 25.1 Å². The lowest BCUT2D eigenvalue weighted by Gasteiger charge is -2.14. The Hall–Kier alpha value is -3.26. The Morgan fingerprint density at radius 3 is 2.69 bits per heavy atom. The molecule has 0 unspecified atom stereocenters. The van der Waals surface area contributed by atoms with Crippen LogP contribution in [-0.2, 0) is 6.54 Å². The van der Waals surface area contributed by atoms with Gasteiger partial charge in [0, 0.05) is 11.5 Å². The van der Waals surface area contributed by atoms with Crippen LogP contribution in [0.5, 0.6) is 5.75 Å². The smallest absolute Gasteiger partial charge is 0.274 e. The lowest BCUT2D eigenvalue weighted by Crippen LogP contribution is -2.32. The maximum absolute atomic E-state index is 12.5. The van der Waals surface area contributed by atoms with E-state index in [9.17, 15) is 20.0 Å². The van der Waals surface area contributed by atoms with Gasteiger partial charge in [-0.15, -0.1) is 0 Å². The van der Waals surface area contributed by atoms with Crippen molar-refractivity contribution in [2.45, 2.75) is 19.6 Å². The molecule has 0 amide bonds. The molecule has 8 nitrogen and oxygen atoms in total. The fourth-order valence-electron chi connectivity index (χ4n) is 2.66. The van der Waals surface area contributed by atoms with Gasteiger partial charge in [0.05, 0.1) is 28.6 Å².